The van der Waals surface area contributed by atoms with E-state index in [-0.39, 0.29) is 6.54 Å². The van der Waals surface area contributed by atoms with Crippen molar-refractivity contribution in [2.45, 2.75) is 38.6 Å². The zero-order valence-corrected chi connectivity index (χ0v) is 14.5. The van der Waals surface area contributed by atoms with E-state index in [1.165, 1.54) is 0 Å². The van der Waals surface area contributed by atoms with Gasteiger partial charge in [0.25, 0.3) is 0 Å². The number of aliphatic hydroxyl groups excluding tert-OH is 2. The van der Waals surface area contributed by atoms with Gasteiger partial charge in [0.1, 0.15) is 23.0 Å². The fraction of sp³-hybridized carbons (Fsp3) is 0.412. The van der Waals surface area contributed by atoms with Crippen LogP contribution in [-0.4, -0.2) is 39.5 Å². The van der Waals surface area contributed by atoms with Gasteiger partial charge in [0, 0.05) is 11.9 Å². The molecule has 0 saturated heterocycles. The molecule has 1 amide bonds. The molecule has 24 heavy (non-hydrogen) atoms. The number of hydrogen-bond acceptors (Lipinski definition) is 5. The van der Waals surface area contributed by atoms with Crippen molar-refractivity contribution in [3.05, 3.63) is 41.0 Å². The molecule has 130 valence electrons. The summed E-state index contributed by atoms with van der Waals surface area (Å²) in [5, 5.41) is 24.0. The second-order valence-electron chi connectivity index (χ2n) is 6.48. The van der Waals surface area contributed by atoms with Gasteiger partial charge in [-0.3, -0.25) is 0 Å². The van der Waals surface area contributed by atoms with Gasteiger partial charge < -0.3 is 20.3 Å². The molecule has 2 rings (SSSR count). The molecule has 6 nitrogen and oxygen atoms in total. The summed E-state index contributed by atoms with van der Waals surface area (Å²) in [7, 11) is 0. The Kier molecular flexibility index (Phi) is 5.64. The third-order valence-electron chi connectivity index (χ3n) is 3.24. The van der Waals surface area contributed by atoms with Crippen LogP contribution in [-0.2, 0) is 4.74 Å². The minimum absolute atomic E-state index is 0.132. The maximum Gasteiger partial charge on any atom is 0.407 e. The highest BCUT2D eigenvalue weighted by Gasteiger charge is 2.21. The second kappa shape index (κ2) is 7.34. The summed E-state index contributed by atoms with van der Waals surface area (Å²) in [4.78, 5) is 15.7. The van der Waals surface area contributed by atoms with Crippen molar-refractivity contribution >= 4 is 28.6 Å². The molecule has 3 N–H and O–H groups in total. The Hall–Kier alpha value is -1.89. The lowest BCUT2D eigenvalue weighted by Gasteiger charge is -2.22. The largest absolute Gasteiger partial charge is 0.444 e. The topological polar surface area (TPSA) is 91.7 Å². The summed E-state index contributed by atoms with van der Waals surface area (Å²) < 4.78 is 5.08. The number of alkyl carbamates (subject to hydrolysis) is 1. The highest BCUT2D eigenvalue weighted by molar-refractivity contribution is 6.29. The normalized spacial score (nSPS) is 14.2. The number of nitrogens with zero attached hydrogens (tertiary/aromatic N) is 1. The van der Waals surface area contributed by atoms with E-state index < -0.39 is 23.9 Å². The van der Waals surface area contributed by atoms with Gasteiger partial charge in [-0.2, -0.15) is 0 Å². The third kappa shape index (κ3) is 5.06. The molecule has 2 atom stereocenters. The van der Waals surface area contributed by atoms with Gasteiger partial charge >= 0.3 is 6.09 Å². The van der Waals surface area contributed by atoms with Crippen molar-refractivity contribution in [2.24, 2.45) is 0 Å². The van der Waals surface area contributed by atoms with Crippen LogP contribution >= 0.6 is 11.6 Å². The number of hydrogen-bond donors (Lipinski definition) is 3. The average Bonchev–Trinajstić information content (AvgIpc) is 2.49. The number of aromatic nitrogens is 1. The smallest absolute Gasteiger partial charge is 0.407 e. The Balaban J connectivity index is 2.01. The summed E-state index contributed by atoms with van der Waals surface area (Å²) in [5.41, 5.74) is 0.588. The molecule has 0 aliphatic carbocycles. The van der Waals surface area contributed by atoms with Crippen molar-refractivity contribution in [2.75, 3.05) is 6.54 Å². The van der Waals surface area contributed by atoms with Crippen LogP contribution in [0, 0.1) is 0 Å². The molecule has 2 aromatic rings. The summed E-state index contributed by atoms with van der Waals surface area (Å²) in [6.45, 7) is 5.10. The Bertz CT molecular complexity index is 730. The minimum atomic E-state index is -1.17. The van der Waals surface area contributed by atoms with Crippen molar-refractivity contribution in [1.29, 1.82) is 0 Å². The Morgan fingerprint density at radius 1 is 1.29 bits per heavy atom. The standard InChI is InChI=1S/C17H21ClN2O4/c1-17(2,3)24-16(23)19-9-13(21)15(22)11-4-6-12-10(8-11)5-7-14(18)20-12/h4-8,13,15,21-22H,9H2,1-3H3,(H,19,23). The lowest BCUT2D eigenvalue weighted by atomic mass is 10.0. The maximum absolute atomic E-state index is 11.6. The number of rotatable bonds is 4. The zero-order chi connectivity index (χ0) is 17.9. The van der Waals surface area contributed by atoms with Crippen LogP contribution in [0.25, 0.3) is 10.9 Å². The Morgan fingerprint density at radius 2 is 2.00 bits per heavy atom. The number of pyridine rings is 1. The van der Waals surface area contributed by atoms with Gasteiger partial charge in [0.2, 0.25) is 0 Å². The molecular weight excluding hydrogens is 332 g/mol. The molecule has 0 aliphatic rings. The van der Waals surface area contributed by atoms with Crippen LogP contribution in [0.15, 0.2) is 30.3 Å². The Labute approximate surface area is 145 Å². The minimum Gasteiger partial charge on any atom is -0.444 e. The van der Waals surface area contributed by atoms with Crippen LogP contribution in [0.4, 0.5) is 4.79 Å². The first-order chi connectivity index (χ1) is 11.2. The van der Waals surface area contributed by atoms with E-state index in [1.54, 1.807) is 51.1 Å². The first kappa shape index (κ1) is 18.4. The van der Waals surface area contributed by atoms with E-state index >= 15 is 0 Å². The van der Waals surface area contributed by atoms with Crippen LogP contribution < -0.4 is 5.32 Å². The number of benzene rings is 1. The van der Waals surface area contributed by atoms with Crippen LogP contribution in [0.2, 0.25) is 5.15 Å². The van der Waals surface area contributed by atoms with E-state index in [4.69, 9.17) is 16.3 Å². The lowest BCUT2D eigenvalue weighted by Crippen LogP contribution is -2.38. The molecule has 2 unspecified atom stereocenters. The van der Waals surface area contributed by atoms with Gasteiger partial charge in [0.15, 0.2) is 0 Å². The van der Waals surface area contributed by atoms with E-state index in [2.05, 4.69) is 10.3 Å². The van der Waals surface area contributed by atoms with Crippen LogP contribution in [0.5, 0.6) is 0 Å². The summed E-state index contributed by atoms with van der Waals surface area (Å²) in [6, 6.07) is 8.54. The molecule has 1 heterocycles. The number of ether oxygens (including phenoxy) is 1. The summed E-state index contributed by atoms with van der Waals surface area (Å²) in [5.74, 6) is 0. The molecule has 0 radical (unpaired) electrons. The highest BCUT2D eigenvalue weighted by Crippen LogP contribution is 2.23. The number of carbonyl (C=O) groups excluding carboxylic acids is 1. The lowest BCUT2D eigenvalue weighted by molar-refractivity contribution is 0.0130. The molecular formula is C17H21ClN2O4. The van der Waals surface area contributed by atoms with Crippen molar-refractivity contribution in [3.63, 3.8) is 0 Å². The molecule has 0 fully saturated rings. The number of aliphatic hydroxyl groups is 2. The number of amides is 1. The van der Waals surface area contributed by atoms with Gasteiger partial charge in [-0.05, 0) is 50.6 Å². The quantitative estimate of drug-likeness (QED) is 0.736. The molecule has 1 aromatic carbocycles. The van der Waals surface area contributed by atoms with Crippen molar-refractivity contribution in [3.8, 4) is 0 Å². The number of fused-ring (bicyclic) bond motifs is 1. The molecule has 0 bridgehead atoms. The number of halogens is 1. The summed E-state index contributed by atoms with van der Waals surface area (Å²) in [6.07, 6.45) is -2.97. The Morgan fingerprint density at radius 3 is 2.67 bits per heavy atom. The molecule has 0 spiro atoms. The second-order valence-corrected chi connectivity index (χ2v) is 6.87. The predicted octanol–water partition coefficient (Wildman–Crippen LogP) is 2.81. The molecule has 0 saturated carbocycles. The summed E-state index contributed by atoms with van der Waals surface area (Å²) >= 11 is 5.84. The van der Waals surface area contributed by atoms with Gasteiger partial charge in [-0.25, -0.2) is 9.78 Å². The molecule has 7 heteroatoms. The zero-order valence-electron chi connectivity index (χ0n) is 13.8. The first-order valence-corrected chi connectivity index (χ1v) is 7.93. The average molecular weight is 353 g/mol. The van der Waals surface area contributed by atoms with E-state index in [0.29, 0.717) is 16.2 Å². The highest BCUT2D eigenvalue weighted by atomic mass is 35.5. The fourth-order valence-corrected chi connectivity index (χ4v) is 2.29. The third-order valence-corrected chi connectivity index (χ3v) is 3.45. The van der Waals surface area contributed by atoms with Gasteiger partial charge in [-0.1, -0.05) is 17.7 Å². The number of carbonyl (C=O) groups is 1. The van der Waals surface area contributed by atoms with E-state index in [1.807, 2.05) is 0 Å². The van der Waals surface area contributed by atoms with E-state index in [0.717, 1.165) is 5.39 Å². The monoisotopic (exact) mass is 352 g/mol. The van der Waals surface area contributed by atoms with E-state index in [9.17, 15) is 15.0 Å². The number of nitrogens with one attached hydrogen (secondary N) is 1. The van der Waals surface area contributed by atoms with Crippen molar-refractivity contribution in [1.82, 2.24) is 10.3 Å². The predicted molar refractivity (Wildman–Crippen MR) is 92.0 cm³/mol. The van der Waals surface area contributed by atoms with Crippen LogP contribution in [0.1, 0.15) is 32.4 Å². The van der Waals surface area contributed by atoms with Crippen molar-refractivity contribution < 1.29 is 19.7 Å². The first-order valence-electron chi connectivity index (χ1n) is 7.55. The van der Waals surface area contributed by atoms with Gasteiger partial charge in [-0.15, -0.1) is 0 Å². The molecule has 0 aliphatic heterocycles. The molecule has 1 aromatic heterocycles. The maximum atomic E-state index is 11.6. The SMILES string of the molecule is CC(C)(C)OC(=O)NCC(O)C(O)c1ccc2nc(Cl)ccc2c1. The fourth-order valence-electron chi connectivity index (χ4n) is 2.14. The van der Waals surface area contributed by atoms with Crippen LogP contribution in [0.3, 0.4) is 0 Å². The van der Waals surface area contributed by atoms with Gasteiger partial charge in [0.05, 0.1) is 5.52 Å².